The number of ether oxygens (including phenoxy) is 1. The molecule has 9 heteroatoms. The van der Waals surface area contributed by atoms with Crippen LogP contribution in [0.3, 0.4) is 0 Å². The lowest BCUT2D eigenvalue weighted by atomic mass is 9.78. The highest BCUT2D eigenvalue weighted by Crippen LogP contribution is 2.37. The highest BCUT2D eigenvalue weighted by atomic mass is 16.7. The minimum atomic E-state index is -0.900. The van der Waals surface area contributed by atoms with Crippen LogP contribution in [-0.4, -0.2) is 52.6 Å². The van der Waals surface area contributed by atoms with Gasteiger partial charge >= 0.3 is 13.1 Å². The summed E-state index contributed by atoms with van der Waals surface area (Å²) in [7, 11) is -0.548. The molecule has 0 aromatic heterocycles. The third-order valence-electron chi connectivity index (χ3n) is 6.23. The standard InChI is InChI=1S/C23H33BN2O6/c1-21(2,3)30-18(27)11-10-17(19(25)28)26-13-14-12-15(8-9-16(14)20(26)29)24-31-22(4,5)23(6,7)32-24/h8-9,12,17H,10-11,13H2,1-7H3,(H2,25,28)/t17-/m0/s1. The summed E-state index contributed by atoms with van der Waals surface area (Å²) in [5.41, 5.74) is 6.10. The van der Waals surface area contributed by atoms with Crippen molar-refractivity contribution in [2.75, 3.05) is 0 Å². The number of carbonyl (C=O) groups excluding carboxylic acids is 3. The summed E-state index contributed by atoms with van der Waals surface area (Å²) in [6.45, 7) is 13.5. The number of hydrogen-bond acceptors (Lipinski definition) is 6. The summed E-state index contributed by atoms with van der Waals surface area (Å²) in [6.07, 6.45) is 0.0955. The smallest absolute Gasteiger partial charge is 0.460 e. The molecule has 0 aliphatic carbocycles. The van der Waals surface area contributed by atoms with Gasteiger partial charge in [0.15, 0.2) is 0 Å². The molecule has 0 bridgehead atoms. The average Bonchev–Trinajstić information content (AvgIpc) is 3.06. The molecule has 1 saturated heterocycles. The minimum absolute atomic E-state index is 0.00975. The molecule has 2 heterocycles. The van der Waals surface area contributed by atoms with Crippen LogP contribution in [0, 0.1) is 0 Å². The third kappa shape index (κ3) is 4.83. The lowest BCUT2D eigenvalue weighted by molar-refractivity contribution is -0.155. The Labute approximate surface area is 189 Å². The van der Waals surface area contributed by atoms with Crippen LogP contribution < -0.4 is 11.2 Å². The van der Waals surface area contributed by atoms with Gasteiger partial charge in [-0.15, -0.1) is 0 Å². The van der Waals surface area contributed by atoms with E-state index in [1.807, 2.05) is 39.8 Å². The summed E-state index contributed by atoms with van der Waals surface area (Å²) in [5.74, 6) is -1.37. The van der Waals surface area contributed by atoms with Crippen LogP contribution in [0.15, 0.2) is 18.2 Å². The van der Waals surface area contributed by atoms with Crippen LogP contribution in [0.25, 0.3) is 0 Å². The average molecular weight is 444 g/mol. The highest BCUT2D eigenvalue weighted by Gasteiger charge is 2.52. The van der Waals surface area contributed by atoms with Crippen LogP contribution in [0.5, 0.6) is 0 Å². The van der Waals surface area contributed by atoms with Gasteiger partial charge in [-0.1, -0.05) is 12.1 Å². The van der Waals surface area contributed by atoms with Gasteiger partial charge in [0, 0.05) is 18.5 Å². The molecule has 2 N–H and O–H groups in total. The lowest BCUT2D eigenvalue weighted by Gasteiger charge is -2.32. The first-order valence-corrected chi connectivity index (χ1v) is 10.9. The number of amides is 2. The van der Waals surface area contributed by atoms with Crippen molar-refractivity contribution in [1.29, 1.82) is 0 Å². The zero-order valence-corrected chi connectivity index (χ0v) is 20.0. The van der Waals surface area contributed by atoms with E-state index in [4.69, 9.17) is 19.8 Å². The second-order valence-electron chi connectivity index (χ2n) is 10.5. The van der Waals surface area contributed by atoms with E-state index in [1.165, 1.54) is 4.90 Å². The molecule has 32 heavy (non-hydrogen) atoms. The van der Waals surface area contributed by atoms with Crippen LogP contribution >= 0.6 is 0 Å². The first kappa shape index (κ1) is 24.3. The number of benzene rings is 1. The summed E-state index contributed by atoms with van der Waals surface area (Å²) < 4.78 is 17.5. The number of esters is 1. The van der Waals surface area contributed by atoms with E-state index in [2.05, 4.69) is 0 Å². The van der Waals surface area contributed by atoms with Crippen molar-refractivity contribution < 1.29 is 28.4 Å². The quantitative estimate of drug-likeness (QED) is 0.531. The van der Waals surface area contributed by atoms with Crippen LogP contribution in [0.2, 0.25) is 0 Å². The highest BCUT2D eigenvalue weighted by molar-refractivity contribution is 6.62. The molecular formula is C23H33BN2O6. The second kappa shape index (κ2) is 8.19. The number of fused-ring (bicyclic) bond motifs is 1. The molecule has 2 amide bonds. The summed E-state index contributed by atoms with van der Waals surface area (Å²) in [4.78, 5) is 38.6. The topological polar surface area (TPSA) is 108 Å². The van der Waals surface area contributed by atoms with Gasteiger partial charge in [0.2, 0.25) is 5.91 Å². The van der Waals surface area contributed by atoms with Crippen LogP contribution in [0.1, 0.15) is 77.2 Å². The maximum absolute atomic E-state index is 13.0. The van der Waals surface area contributed by atoms with E-state index < -0.39 is 41.8 Å². The summed E-state index contributed by atoms with van der Waals surface area (Å²) in [5, 5.41) is 0. The molecule has 0 radical (unpaired) electrons. The SMILES string of the molecule is CC(C)(C)OC(=O)CC[C@@H](C(N)=O)N1Cc2cc(B3OC(C)(C)C(C)(C)O3)ccc2C1=O. The van der Waals surface area contributed by atoms with E-state index in [1.54, 1.807) is 26.8 Å². The van der Waals surface area contributed by atoms with E-state index in [-0.39, 0.29) is 25.3 Å². The van der Waals surface area contributed by atoms with Gasteiger partial charge in [-0.25, -0.2) is 0 Å². The van der Waals surface area contributed by atoms with Crippen molar-refractivity contribution in [2.24, 2.45) is 5.73 Å². The van der Waals surface area contributed by atoms with Gasteiger partial charge in [0.05, 0.1) is 11.2 Å². The Kier molecular flexibility index (Phi) is 6.21. The summed E-state index contributed by atoms with van der Waals surface area (Å²) in [6, 6.07) is 4.51. The minimum Gasteiger partial charge on any atom is -0.460 e. The number of rotatable bonds is 6. The molecule has 1 aromatic rings. The van der Waals surface area contributed by atoms with Gasteiger partial charge in [-0.05, 0) is 72.0 Å². The van der Waals surface area contributed by atoms with Gasteiger partial charge < -0.3 is 24.7 Å². The van der Waals surface area contributed by atoms with Gasteiger partial charge in [0.1, 0.15) is 11.6 Å². The fourth-order valence-corrected chi connectivity index (χ4v) is 3.84. The zero-order valence-electron chi connectivity index (χ0n) is 20.0. The number of hydrogen-bond donors (Lipinski definition) is 1. The molecule has 1 fully saturated rings. The van der Waals surface area contributed by atoms with E-state index in [0.29, 0.717) is 5.56 Å². The van der Waals surface area contributed by atoms with E-state index in [9.17, 15) is 14.4 Å². The Bertz CT molecular complexity index is 921. The van der Waals surface area contributed by atoms with Crippen molar-refractivity contribution >= 4 is 30.4 Å². The van der Waals surface area contributed by atoms with Crippen molar-refractivity contribution in [3.8, 4) is 0 Å². The maximum atomic E-state index is 13.0. The Morgan fingerprint density at radius 3 is 2.31 bits per heavy atom. The molecule has 1 atom stereocenters. The predicted octanol–water partition coefficient (Wildman–Crippen LogP) is 1.92. The first-order valence-electron chi connectivity index (χ1n) is 10.9. The number of nitrogens with two attached hydrogens (primary N) is 1. The molecule has 174 valence electrons. The molecular weight excluding hydrogens is 411 g/mol. The molecule has 8 nitrogen and oxygen atoms in total. The Morgan fingerprint density at radius 2 is 1.78 bits per heavy atom. The van der Waals surface area contributed by atoms with Gasteiger partial charge in [-0.2, -0.15) is 0 Å². The maximum Gasteiger partial charge on any atom is 0.494 e. The monoisotopic (exact) mass is 444 g/mol. The largest absolute Gasteiger partial charge is 0.494 e. The molecule has 2 aliphatic rings. The Balaban J connectivity index is 1.74. The Hall–Kier alpha value is -2.39. The predicted molar refractivity (Wildman–Crippen MR) is 120 cm³/mol. The van der Waals surface area contributed by atoms with Crippen LogP contribution in [-0.2, 0) is 30.2 Å². The molecule has 0 saturated carbocycles. The van der Waals surface area contributed by atoms with Crippen molar-refractivity contribution in [3.63, 3.8) is 0 Å². The van der Waals surface area contributed by atoms with Crippen molar-refractivity contribution in [2.45, 2.75) is 90.7 Å². The number of carbonyl (C=O) groups is 3. The molecule has 0 spiro atoms. The third-order valence-corrected chi connectivity index (χ3v) is 6.23. The molecule has 1 aromatic carbocycles. The van der Waals surface area contributed by atoms with Crippen molar-refractivity contribution in [3.05, 3.63) is 29.3 Å². The summed E-state index contributed by atoms with van der Waals surface area (Å²) >= 11 is 0. The molecule has 3 rings (SSSR count). The first-order chi connectivity index (χ1) is 14.6. The zero-order chi connectivity index (χ0) is 24.1. The second-order valence-corrected chi connectivity index (χ2v) is 10.5. The van der Waals surface area contributed by atoms with Crippen molar-refractivity contribution in [1.82, 2.24) is 4.90 Å². The fraction of sp³-hybridized carbons (Fsp3) is 0.609. The molecule has 0 unspecified atom stereocenters. The van der Waals surface area contributed by atoms with E-state index in [0.717, 1.165) is 11.0 Å². The van der Waals surface area contributed by atoms with Gasteiger partial charge in [0.25, 0.3) is 5.91 Å². The molecule has 2 aliphatic heterocycles. The number of nitrogens with zero attached hydrogens (tertiary/aromatic N) is 1. The van der Waals surface area contributed by atoms with Gasteiger partial charge in [-0.3, -0.25) is 14.4 Å². The lowest BCUT2D eigenvalue weighted by Crippen LogP contribution is -2.45. The Morgan fingerprint density at radius 1 is 1.19 bits per heavy atom. The van der Waals surface area contributed by atoms with E-state index >= 15 is 0 Å². The normalized spacial score (nSPS) is 20.3. The van der Waals surface area contributed by atoms with Crippen LogP contribution in [0.4, 0.5) is 0 Å². The fourth-order valence-electron chi connectivity index (χ4n) is 3.84. The number of primary amides is 1.